The van der Waals surface area contributed by atoms with Crippen molar-refractivity contribution in [2.24, 2.45) is 0 Å². The van der Waals surface area contributed by atoms with Gasteiger partial charge in [-0.15, -0.1) is 0 Å². The lowest BCUT2D eigenvalue weighted by atomic mass is 10.0. The lowest BCUT2D eigenvalue weighted by molar-refractivity contribution is 0.667. The zero-order chi connectivity index (χ0) is 33.0. The SMILES string of the molecule is c1ccc(-c2ccc3c(c2)c2cc(-c4ccccc4)ccc2n3-c2cccc(-c3cccc(-c4ncnc5c4oc4ccccc45)c3)c2)cc1. The van der Waals surface area contributed by atoms with Crippen molar-refractivity contribution in [3.63, 3.8) is 0 Å². The summed E-state index contributed by atoms with van der Waals surface area (Å²) in [6, 6.07) is 60.2. The highest BCUT2D eigenvalue weighted by Crippen LogP contribution is 2.39. The third-order valence-corrected chi connectivity index (χ3v) is 9.71. The number of benzene rings is 7. The molecular weight excluding hydrogens is 611 g/mol. The fourth-order valence-electron chi connectivity index (χ4n) is 7.32. The van der Waals surface area contributed by atoms with Crippen LogP contribution < -0.4 is 0 Å². The molecule has 0 saturated carbocycles. The summed E-state index contributed by atoms with van der Waals surface area (Å²) in [4.78, 5) is 9.25. The minimum absolute atomic E-state index is 0.703. The Balaban J connectivity index is 1.13. The predicted octanol–water partition coefficient (Wildman–Crippen LogP) is 12.1. The van der Waals surface area contributed by atoms with Gasteiger partial charge in [0.2, 0.25) is 0 Å². The molecule has 0 saturated heterocycles. The zero-order valence-corrected chi connectivity index (χ0v) is 27.0. The molecule has 10 aromatic rings. The number of furan rings is 1. The van der Waals surface area contributed by atoms with Crippen LogP contribution in [0.1, 0.15) is 0 Å². The van der Waals surface area contributed by atoms with E-state index < -0.39 is 0 Å². The summed E-state index contributed by atoms with van der Waals surface area (Å²) in [6.07, 6.45) is 1.63. The second-order valence-electron chi connectivity index (χ2n) is 12.7. The number of aromatic nitrogens is 3. The van der Waals surface area contributed by atoms with Crippen LogP contribution in [0.3, 0.4) is 0 Å². The molecule has 0 atom stereocenters. The van der Waals surface area contributed by atoms with E-state index in [9.17, 15) is 0 Å². The predicted molar refractivity (Wildman–Crippen MR) is 205 cm³/mol. The second-order valence-corrected chi connectivity index (χ2v) is 12.7. The van der Waals surface area contributed by atoms with E-state index in [0.717, 1.165) is 44.6 Å². The van der Waals surface area contributed by atoms with Gasteiger partial charge in [0.15, 0.2) is 5.58 Å². The Morgan fingerprint density at radius 3 is 1.66 bits per heavy atom. The van der Waals surface area contributed by atoms with Gasteiger partial charge in [-0.3, -0.25) is 0 Å². The molecule has 0 N–H and O–H groups in total. The highest BCUT2D eigenvalue weighted by Gasteiger charge is 2.17. The molecule has 10 rings (SSSR count). The molecule has 0 unspecified atom stereocenters. The largest absolute Gasteiger partial charge is 0.452 e. The van der Waals surface area contributed by atoms with Gasteiger partial charge in [0, 0.05) is 27.4 Å². The van der Waals surface area contributed by atoms with E-state index in [1.165, 1.54) is 44.1 Å². The minimum atomic E-state index is 0.703. The number of hydrogen-bond acceptors (Lipinski definition) is 3. The van der Waals surface area contributed by atoms with Gasteiger partial charge >= 0.3 is 0 Å². The van der Waals surface area contributed by atoms with Crippen molar-refractivity contribution in [2.75, 3.05) is 0 Å². The Kier molecular flexibility index (Phi) is 6.46. The van der Waals surface area contributed by atoms with Gasteiger partial charge in [-0.1, -0.05) is 115 Å². The maximum atomic E-state index is 6.28. The molecule has 234 valence electrons. The molecule has 0 bridgehead atoms. The van der Waals surface area contributed by atoms with Crippen LogP contribution in [0, 0.1) is 0 Å². The molecule has 0 fully saturated rings. The Hall–Kier alpha value is -6.78. The molecular formula is C46H29N3O. The summed E-state index contributed by atoms with van der Waals surface area (Å²) in [6.45, 7) is 0. The van der Waals surface area contributed by atoms with Crippen molar-refractivity contribution < 1.29 is 4.42 Å². The molecule has 0 aliphatic heterocycles. The third-order valence-electron chi connectivity index (χ3n) is 9.71. The number of hydrogen-bond donors (Lipinski definition) is 0. The van der Waals surface area contributed by atoms with Crippen molar-refractivity contribution in [2.45, 2.75) is 0 Å². The Labute approximate surface area is 288 Å². The normalized spacial score (nSPS) is 11.6. The summed E-state index contributed by atoms with van der Waals surface area (Å²) >= 11 is 0. The van der Waals surface area contributed by atoms with Crippen molar-refractivity contribution in [1.82, 2.24) is 14.5 Å². The first-order valence-corrected chi connectivity index (χ1v) is 16.8. The zero-order valence-electron chi connectivity index (χ0n) is 27.0. The van der Waals surface area contributed by atoms with Crippen LogP contribution in [-0.2, 0) is 0 Å². The van der Waals surface area contributed by atoms with E-state index in [1.54, 1.807) is 6.33 Å². The van der Waals surface area contributed by atoms with Gasteiger partial charge in [-0.2, -0.15) is 0 Å². The molecule has 0 spiro atoms. The standard InChI is InChI=1S/C46H29N3O/c1-3-11-30(12-4-1)34-21-23-41-39(27-34)40-28-35(31-13-5-2-6-14-31)22-24-42(40)49(41)37-18-10-16-33(26-37)32-15-9-17-36(25-32)44-46-45(48-29-47-44)38-19-7-8-20-43(38)50-46/h1-29H. The van der Waals surface area contributed by atoms with Gasteiger partial charge < -0.3 is 8.98 Å². The number of rotatable bonds is 5. The fraction of sp³-hybridized carbons (Fsp3) is 0. The van der Waals surface area contributed by atoms with Crippen molar-refractivity contribution >= 4 is 43.9 Å². The lowest BCUT2D eigenvalue weighted by Crippen LogP contribution is -1.94. The minimum Gasteiger partial charge on any atom is -0.452 e. The second kappa shape index (κ2) is 11.4. The van der Waals surface area contributed by atoms with Crippen LogP contribution in [0.25, 0.3) is 94.2 Å². The van der Waals surface area contributed by atoms with Crippen LogP contribution in [0.15, 0.2) is 181 Å². The highest BCUT2D eigenvalue weighted by atomic mass is 16.3. The molecule has 0 radical (unpaired) electrons. The van der Waals surface area contributed by atoms with Crippen molar-refractivity contribution in [3.8, 4) is 50.3 Å². The lowest BCUT2D eigenvalue weighted by Gasteiger charge is -2.12. The summed E-state index contributed by atoms with van der Waals surface area (Å²) in [5.74, 6) is 0. The molecule has 7 aromatic carbocycles. The van der Waals surface area contributed by atoms with E-state index in [1.807, 2.05) is 24.3 Å². The molecule has 3 aromatic heterocycles. The van der Waals surface area contributed by atoms with Crippen LogP contribution in [0.5, 0.6) is 0 Å². The first kappa shape index (κ1) is 28.3. The van der Waals surface area contributed by atoms with Crippen LogP contribution in [-0.4, -0.2) is 14.5 Å². The van der Waals surface area contributed by atoms with Gasteiger partial charge in [0.1, 0.15) is 23.1 Å². The quantitative estimate of drug-likeness (QED) is 0.188. The average molecular weight is 640 g/mol. The summed E-state index contributed by atoms with van der Waals surface area (Å²) in [5.41, 5.74) is 14.6. The van der Waals surface area contributed by atoms with Gasteiger partial charge in [0.25, 0.3) is 0 Å². The maximum absolute atomic E-state index is 6.28. The first-order chi connectivity index (χ1) is 24.8. The monoisotopic (exact) mass is 639 g/mol. The highest BCUT2D eigenvalue weighted by molar-refractivity contribution is 6.12. The topological polar surface area (TPSA) is 43.9 Å². The van der Waals surface area contributed by atoms with Gasteiger partial charge in [-0.25, -0.2) is 9.97 Å². The molecule has 50 heavy (non-hydrogen) atoms. The fourth-order valence-corrected chi connectivity index (χ4v) is 7.32. The van der Waals surface area contributed by atoms with Crippen LogP contribution in [0.2, 0.25) is 0 Å². The molecule has 0 aliphatic rings. The first-order valence-electron chi connectivity index (χ1n) is 16.8. The number of para-hydroxylation sites is 1. The van der Waals surface area contributed by atoms with Crippen LogP contribution in [0.4, 0.5) is 0 Å². The van der Waals surface area contributed by atoms with Crippen molar-refractivity contribution in [1.29, 1.82) is 0 Å². The maximum Gasteiger partial charge on any atom is 0.180 e. The summed E-state index contributed by atoms with van der Waals surface area (Å²) in [5, 5.41) is 3.45. The van der Waals surface area contributed by atoms with Gasteiger partial charge in [-0.05, 0) is 88.0 Å². The Bertz CT molecular complexity index is 2770. The summed E-state index contributed by atoms with van der Waals surface area (Å²) < 4.78 is 8.67. The number of fused-ring (bicyclic) bond motifs is 6. The van der Waals surface area contributed by atoms with E-state index in [4.69, 9.17) is 4.42 Å². The molecule has 3 heterocycles. The molecule has 0 amide bonds. The van der Waals surface area contributed by atoms with Gasteiger partial charge in [0.05, 0.1) is 11.0 Å². The van der Waals surface area contributed by atoms with Crippen molar-refractivity contribution in [3.05, 3.63) is 176 Å². The Morgan fingerprint density at radius 1 is 0.400 bits per heavy atom. The average Bonchev–Trinajstić information content (AvgIpc) is 3.74. The third kappa shape index (κ3) is 4.61. The van der Waals surface area contributed by atoms with E-state index >= 15 is 0 Å². The molecule has 4 heteroatoms. The number of nitrogens with zero attached hydrogens (tertiary/aromatic N) is 3. The molecule has 0 aliphatic carbocycles. The van der Waals surface area contributed by atoms with Crippen LogP contribution >= 0.6 is 0 Å². The van der Waals surface area contributed by atoms with E-state index in [-0.39, 0.29) is 0 Å². The summed E-state index contributed by atoms with van der Waals surface area (Å²) in [7, 11) is 0. The van der Waals surface area contributed by atoms with E-state index in [2.05, 4.69) is 160 Å². The van der Waals surface area contributed by atoms with E-state index in [0.29, 0.717) is 5.58 Å². The smallest absolute Gasteiger partial charge is 0.180 e. The molecule has 4 nitrogen and oxygen atoms in total. The Morgan fingerprint density at radius 2 is 0.960 bits per heavy atom.